The Labute approximate surface area is 265 Å². The highest BCUT2D eigenvalue weighted by atomic mass is 32.7. The van der Waals surface area contributed by atoms with E-state index >= 15 is 8.78 Å². The van der Waals surface area contributed by atoms with Crippen LogP contribution < -0.4 is 17.0 Å². The van der Waals surface area contributed by atoms with Crippen LogP contribution >= 0.6 is 38.0 Å². The third kappa shape index (κ3) is 6.19. The van der Waals surface area contributed by atoms with Crippen LogP contribution in [0.15, 0.2) is 23.6 Å². The minimum absolute atomic E-state index is 0.0000327. The lowest BCUT2D eigenvalue weighted by molar-refractivity contribution is -0.0199. The average molecular weight is 728 g/mol. The van der Waals surface area contributed by atoms with Gasteiger partial charge in [0.1, 0.15) is 48.4 Å². The number of ether oxygens (including phenoxy) is 1. The van der Waals surface area contributed by atoms with E-state index in [1.165, 1.54) is 21.6 Å². The number of hydrogen-bond donors (Lipinski definition) is 6. The monoisotopic (exact) mass is 727 g/mol. The van der Waals surface area contributed by atoms with E-state index < -0.39 is 80.1 Å². The molecule has 2 aliphatic heterocycles. The fourth-order valence-electron chi connectivity index (χ4n) is 5.02. The summed E-state index contributed by atoms with van der Waals surface area (Å²) >= 11 is 9.80. The van der Waals surface area contributed by atoms with E-state index in [1.54, 1.807) is 0 Å². The van der Waals surface area contributed by atoms with Gasteiger partial charge in [-0.3, -0.25) is 18.9 Å². The first-order valence-electron chi connectivity index (χ1n) is 12.7. The normalized spacial score (nSPS) is 30.3. The summed E-state index contributed by atoms with van der Waals surface area (Å²) in [4.78, 5) is 41.6. The number of nitrogen functional groups attached to an aromatic ring is 2. The van der Waals surface area contributed by atoms with Crippen molar-refractivity contribution in [1.82, 2.24) is 39.1 Å². The number of aromatic amines is 1. The van der Waals surface area contributed by atoms with Crippen molar-refractivity contribution in [3.05, 3.63) is 34.9 Å². The molecule has 6 rings (SSSR count). The van der Waals surface area contributed by atoms with Gasteiger partial charge in [0.25, 0.3) is 5.56 Å². The number of imidazole rings is 2. The van der Waals surface area contributed by atoms with Gasteiger partial charge in [-0.1, -0.05) is 0 Å². The highest BCUT2D eigenvalue weighted by Gasteiger charge is 2.53. The number of nitrogens with one attached hydrogen (secondary N) is 1. The second-order valence-electron chi connectivity index (χ2n) is 9.71. The third-order valence-electron chi connectivity index (χ3n) is 6.98. The summed E-state index contributed by atoms with van der Waals surface area (Å²) in [5.41, 5.74) is 11.0. The number of H-pyrrole nitrogens is 1. The van der Waals surface area contributed by atoms with Gasteiger partial charge in [0.2, 0.25) is 5.95 Å². The maximum atomic E-state index is 15.7. The number of nitrogens with two attached hydrogens (primary N) is 2. The molecular formula is C20H23F2N10O8P2S3+. The number of fused-ring (bicyclic) bond motifs is 2. The molecule has 0 aliphatic carbocycles. The van der Waals surface area contributed by atoms with Crippen LogP contribution in [0.1, 0.15) is 17.2 Å². The number of thioether (sulfide) groups is 1. The molecule has 45 heavy (non-hydrogen) atoms. The van der Waals surface area contributed by atoms with Crippen molar-refractivity contribution >= 4 is 78.3 Å². The molecule has 25 heteroatoms. The molecule has 4 aromatic heterocycles. The van der Waals surface area contributed by atoms with Gasteiger partial charge >= 0.3 is 13.9 Å². The number of halogens is 2. The molecule has 0 bridgehead atoms. The summed E-state index contributed by atoms with van der Waals surface area (Å²) in [7, 11) is -2.62. The standard InChI is InChI=1S/C20H22F2N10O8P2S3/c21-9-8(2-33)45-19(31-5-27-11-16(31)29-20(24)30-18(11)34)14(9)40-42(36,44)37-3-7-13(39-41(35)43)10(22)12(38-7)6-1-25-17-15(23)26-4-28-32(6)17/h1,4-5,7-10,12-14,19,33H,2-3H2,(H6-,23,24,26,28,29,30,34,35,36,43,44)/p+1/t7-,8-,9+,10-,12+,13-,14-,19-,42?/m1/s1. The third-order valence-corrected chi connectivity index (χ3v) is 10.8. The Hall–Kier alpha value is -2.43. The van der Waals surface area contributed by atoms with Crippen LogP contribution in [-0.2, 0) is 34.7 Å². The Morgan fingerprint density at radius 2 is 2.02 bits per heavy atom. The van der Waals surface area contributed by atoms with Gasteiger partial charge in [-0.2, -0.15) is 10.1 Å². The van der Waals surface area contributed by atoms with Gasteiger partial charge in [-0.25, -0.2) is 28.2 Å². The lowest BCUT2D eigenvalue weighted by Crippen LogP contribution is -2.34. The number of alkyl halides is 2. The van der Waals surface area contributed by atoms with Crippen LogP contribution in [0.3, 0.4) is 0 Å². The number of aliphatic hydroxyl groups excluding tert-OH is 1. The molecule has 0 aromatic carbocycles. The number of hydrogen-bond acceptors (Lipinski definition) is 16. The largest absolute Gasteiger partial charge is 0.582 e. The predicted octanol–water partition coefficient (Wildman–Crippen LogP) is 0.735. The fourth-order valence-corrected chi connectivity index (χ4v) is 8.70. The second-order valence-corrected chi connectivity index (χ2v) is 15.5. The van der Waals surface area contributed by atoms with E-state index in [1.807, 2.05) is 0 Å². The molecule has 0 spiro atoms. The molecule has 2 fully saturated rings. The van der Waals surface area contributed by atoms with Crippen molar-refractivity contribution in [3.63, 3.8) is 0 Å². The zero-order valence-electron chi connectivity index (χ0n) is 22.3. The van der Waals surface area contributed by atoms with E-state index in [2.05, 4.69) is 42.3 Å². The van der Waals surface area contributed by atoms with Gasteiger partial charge in [-0.05, 0) is 16.4 Å². The first-order chi connectivity index (χ1) is 21.4. The smallest absolute Gasteiger partial charge is 0.395 e. The molecule has 6 heterocycles. The molecular weight excluding hydrogens is 704 g/mol. The molecule has 2 saturated heterocycles. The van der Waals surface area contributed by atoms with E-state index in [0.29, 0.717) is 0 Å². The quantitative estimate of drug-likeness (QED) is 0.0973. The lowest BCUT2D eigenvalue weighted by atomic mass is 10.1. The summed E-state index contributed by atoms with van der Waals surface area (Å²) < 4.78 is 67.7. The molecule has 0 saturated carbocycles. The van der Waals surface area contributed by atoms with Crippen molar-refractivity contribution in [2.24, 2.45) is 0 Å². The highest BCUT2D eigenvalue weighted by Crippen LogP contribution is 2.55. The van der Waals surface area contributed by atoms with Crippen LogP contribution in [0.4, 0.5) is 20.5 Å². The Balaban J connectivity index is 1.22. The van der Waals surface area contributed by atoms with Crippen LogP contribution in [-0.4, -0.2) is 98.2 Å². The number of anilines is 2. The van der Waals surface area contributed by atoms with Crippen LogP contribution in [0.25, 0.3) is 16.8 Å². The molecule has 7 N–H and O–H groups in total. The van der Waals surface area contributed by atoms with Crippen molar-refractivity contribution in [2.45, 2.75) is 47.4 Å². The lowest BCUT2D eigenvalue weighted by Gasteiger charge is -2.27. The number of aromatic nitrogens is 8. The van der Waals surface area contributed by atoms with Crippen molar-refractivity contribution in [2.75, 3.05) is 24.7 Å². The molecule has 0 amide bonds. The predicted molar refractivity (Wildman–Crippen MR) is 161 cm³/mol. The molecule has 2 aliphatic rings. The zero-order valence-corrected chi connectivity index (χ0v) is 26.6. The van der Waals surface area contributed by atoms with Gasteiger partial charge in [-0.15, -0.1) is 16.3 Å². The van der Waals surface area contributed by atoms with Gasteiger partial charge in [0.15, 0.2) is 34.9 Å². The summed E-state index contributed by atoms with van der Waals surface area (Å²) in [6.45, 7) is -5.59. The van der Waals surface area contributed by atoms with Crippen LogP contribution in [0, 0.1) is 0 Å². The summed E-state index contributed by atoms with van der Waals surface area (Å²) in [6.07, 6.45) is -5.97. The highest BCUT2D eigenvalue weighted by molar-refractivity contribution is 8.39. The molecule has 0 radical (unpaired) electrons. The fraction of sp³-hybridized carbons (Fsp3) is 0.500. The van der Waals surface area contributed by atoms with Crippen LogP contribution in [0.5, 0.6) is 0 Å². The van der Waals surface area contributed by atoms with Crippen LogP contribution in [0.2, 0.25) is 0 Å². The number of rotatable bonds is 10. The topological polar surface area (TPSA) is 253 Å². The minimum atomic E-state index is -4.35. The van der Waals surface area contributed by atoms with E-state index in [-0.39, 0.29) is 34.3 Å². The van der Waals surface area contributed by atoms with E-state index in [4.69, 9.17) is 41.6 Å². The van der Waals surface area contributed by atoms with Crippen molar-refractivity contribution in [3.8, 4) is 0 Å². The Morgan fingerprint density at radius 1 is 1.24 bits per heavy atom. The SMILES string of the molecule is Nc1nc2c(ncn2[C@@H]2S[C@H](CO)[C@H](F)[C@H]2OP(O)(=S)OC[C@H]2O[C@@H](c3cnc4c(N)ncnn34)[C@@H](F)[C@@H]2O[P+](=O)S)c(=O)[nH]1. The number of thiol groups is 1. The van der Waals surface area contributed by atoms with Gasteiger partial charge in [0, 0.05) is 0 Å². The van der Waals surface area contributed by atoms with Crippen molar-refractivity contribution < 1.29 is 41.7 Å². The maximum absolute atomic E-state index is 15.7. The van der Waals surface area contributed by atoms with E-state index in [0.717, 1.165) is 18.1 Å². The second kappa shape index (κ2) is 12.6. The summed E-state index contributed by atoms with van der Waals surface area (Å²) in [5, 5.41) is 11.7. The minimum Gasteiger partial charge on any atom is -0.395 e. The Morgan fingerprint density at radius 3 is 2.76 bits per heavy atom. The van der Waals surface area contributed by atoms with Crippen molar-refractivity contribution in [1.29, 1.82) is 0 Å². The van der Waals surface area contributed by atoms with Gasteiger partial charge < -0.3 is 30.7 Å². The molecule has 2 unspecified atom stereocenters. The average Bonchev–Trinajstić information content (AvgIpc) is 3.73. The molecule has 242 valence electrons. The molecule has 4 aromatic rings. The summed E-state index contributed by atoms with van der Waals surface area (Å²) in [6, 6.07) is 0. The Bertz CT molecular complexity index is 1870. The first-order valence-corrected chi connectivity index (χ1v) is 18.6. The first kappa shape index (κ1) is 32.5. The maximum Gasteiger partial charge on any atom is 0.582 e. The molecule has 18 nitrogen and oxygen atoms in total. The Kier molecular flexibility index (Phi) is 9.13. The zero-order chi connectivity index (χ0) is 32.2. The van der Waals surface area contributed by atoms with Gasteiger partial charge in [0.05, 0.1) is 36.7 Å². The summed E-state index contributed by atoms with van der Waals surface area (Å²) in [5.74, 6) is -0.192. The van der Waals surface area contributed by atoms with E-state index in [9.17, 15) is 19.4 Å². The number of aliphatic hydroxyl groups is 1. The number of nitrogens with zero attached hydrogens (tertiary/aromatic N) is 7. The molecule has 10 atom stereocenters.